The summed E-state index contributed by atoms with van der Waals surface area (Å²) in [6.07, 6.45) is 2.78. The average molecular weight is 393 g/mol. The fraction of sp³-hybridized carbons (Fsp3) is 0.435. The quantitative estimate of drug-likeness (QED) is 0.571. The minimum absolute atomic E-state index is 0.00473. The van der Waals surface area contributed by atoms with Gasteiger partial charge in [0.1, 0.15) is 12.4 Å². The number of para-hydroxylation sites is 1. The second-order valence-electron chi connectivity index (χ2n) is 7.93. The smallest absolute Gasteiger partial charge is 0.215 e. The highest BCUT2D eigenvalue weighted by Crippen LogP contribution is 2.43. The van der Waals surface area contributed by atoms with Gasteiger partial charge in [0.25, 0.3) is 0 Å². The minimum atomic E-state index is 0.00473. The Morgan fingerprint density at radius 2 is 2.07 bits per heavy atom. The van der Waals surface area contributed by atoms with Gasteiger partial charge in [-0.3, -0.25) is 9.48 Å². The van der Waals surface area contributed by atoms with Gasteiger partial charge in [-0.25, -0.2) is 0 Å². The van der Waals surface area contributed by atoms with Gasteiger partial charge in [-0.05, 0) is 42.9 Å². The largest absolute Gasteiger partial charge is 0.496 e. The number of aryl methyl sites for hydroxylation is 2. The van der Waals surface area contributed by atoms with E-state index >= 15 is 0 Å². The number of benzene rings is 1. The van der Waals surface area contributed by atoms with Gasteiger partial charge in [-0.15, -0.1) is 0 Å². The van der Waals surface area contributed by atoms with Crippen LogP contribution in [0.4, 0.5) is 0 Å². The van der Waals surface area contributed by atoms with Gasteiger partial charge in [0.15, 0.2) is 11.4 Å². The molecule has 0 spiro atoms. The van der Waals surface area contributed by atoms with E-state index in [0.717, 1.165) is 33.6 Å². The van der Waals surface area contributed by atoms with Crippen LogP contribution >= 0.6 is 0 Å². The molecule has 1 atom stereocenters. The first-order valence-corrected chi connectivity index (χ1v) is 10.1. The summed E-state index contributed by atoms with van der Waals surface area (Å²) in [6.45, 7) is 4.08. The summed E-state index contributed by atoms with van der Waals surface area (Å²) < 4.78 is 13.0. The molecule has 152 valence electrons. The molecule has 2 aromatic heterocycles. The molecule has 6 nitrogen and oxygen atoms in total. The fourth-order valence-electron chi connectivity index (χ4n) is 3.89. The third-order valence-electron chi connectivity index (χ3n) is 5.54. The predicted octanol–water partition coefficient (Wildman–Crippen LogP) is 4.30. The first kappa shape index (κ1) is 19.4. The van der Waals surface area contributed by atoms with Crippen molar-refractivity contribution in [2.24, 2.45) is 7.05 Å². The Hall–Kier alpha value is -2.89. The number of ketones is 1. The summed E-state index contributed by atoms with van der Waals surface area (Å²) in [6, 6.07) is 9.71. The molecule has 29 heavy (non-hydrogen) atoms. The van der Waals surface area contributed by atoms with Gasteiger partial charge in [-0.1, -0.05) is 25.1 Å². The highest BCUT2D eigenvalue weighted by molar-refractivity contribution is 5.84. The summed E-state index contributed by atoms with van der Waals surface area (Å²) in [5.74, 6) is 1.92. The van der Waals surface area contributed by atoms with Gasteiger partial charge >= 0.3 is 0 Å². The molecule has 3 aromatic rings. The number of ether oxygens (including phenoxy) is 2. The maximum absolute atomic E-state index is 12.5. The number of fused-ring (bicyclic) bond motifs is 1. The van der Waals surface area contributed by atoms with Crippen LogP contribution in [0.15, 0.2) is 30.3 Å². The van der Waals surface area contributed by atoms with Crippen molar-refractivity contribution >= 4 is 16.8 Å². The Morgan fingerprint density at radius 1 is 1.31 bits per heavy atom. The van der Waals surface area contributed by atoms with Crippen molar-refractivity contribution < 1.29 is 14.3 Å². The SMILES string of the molecule is COc1ccccc1[C@H](C)CC(=O)COc1cc(C)c2c(C3CC3)nn(C)c2n1. The van der Waals surface area contributed by atoms with Crippen LogP contribution in [0.25, 0.3) is 11.0 Å². The number of methoxy groups -OCH3 is 1. The normalized spacial score (nSPS) is 14.8. The lowest BCUT2D eigenvalue weighted by Gasteiger charge is -2.15. The molecule has 1 aliphatic rings. The van der Waals surface area contributed by atoms with Crippen LogP contribution in [0.1, 0.15) is 54.8 Å². The molecular weight excluding hydrogens is 366 g/mol. The van der Waals surface area contributed by atoms with Gasteiger partial charge in [0.05, 0.1) is 12.8 Å². The highest BCUT2D eigenvalue weighted by atomic mass is 16.5. The number of nitrogens with zero attached hydrogens (tertiary/aromatic N) is 3. The first-order chi connectivity index (χ1) is 14.0. The van der Waals surface area contributed by atoms with Crippen LogP contribution in [0.2, 0.25) is 0 Å². The van der Waals surface area contributed by atoms with Gasteiger partial charge in [0.2, 0.25) is 5.88 Å². The Kier molecular flexibility index (Phi) is 5.26. The lowest BCUT2D eigenvalue weighted by Crippen LogP contribution is -2.15. The Bertz CT molecular complexity index is 1050. The zero-order valence-corrected chi connectivity index (χ0v) is 17.4. The molecule has 0 unspecified atom stereocenters. The molecule has 0 amide bonds. The first-order valence-electron chi connectivity index (χ1n) is 10.1. The Morgan fingerprint density at radius 3 is 2.79 bits per heavy atom. The maximum Gasteiger partial charge on any atom is 0.215 e. The van der Waals surface area contributed by atoms with Crippen molar-refractivity contribution in [1.82, 2.24) is 14.8 Å². The number of rotatable bonds is 8. The molecule has 0 saturated heterocycles. The van der Waals surface area contributed by atoms with E-state index < -0.39 is 0 Å². The number of hydrogen-bond acceptors (Lipinski definition) is 5. The number of Topliss-reactive ketones (excluding diaryl/α,β-unsaturated/α-hetero) is 1. The van der Waals surface area contributed by atoms with Crippen LogP contribution in [0, 0.1) is 6.92 Å². The van der Waals surface area contributed by atoms with Crippen LogP contribution < -0.4 is 9.47 Å². The molecule has 4 rings (SSSR count). The molecule has 1 aromatic carbocycles. The molecule has 0 radical (unpaired) electrons. The predicted molar refractivity (Wildman–Crippen MR) is 112 cm³/mol. The molecular formula is C23H27N3O3. The van der Waals surface area contributed by atoms with Crippen molar-refractivity contribution in [1.29, 1.82) is 0 Å². The zero-order chi connectivity index (χ0) is 20.5. The third-order valence-corrected chi connectivity index (χ3v) is 5.54. The standard InChI is InChI=1S/C23H27N3O3/c1-14(18-7-5-6-8-19(18)28-4)11-17(27)13-29-20-12-15(2)21-22(16-9-10-16)25-26(3)23(21)24-20/h5-8,12,14,16H,9-11,13H2,1-4H3/t14-/m1/s1. The lowest BCUT2D eigenvalue weighted by molar-refractivity contribution is -0.121. The zero-order valence-electron chi connectivity index (χ0n) is 17.4. The number of carbonyl (C=O) groups is 1. The Balaban J connectivity index is 1.44. The van der Waals surface area contributed by atoms with Gasteiger partial charge in [-0.2, -0.15) is 10.1 Å². The average Bonchev–Trinajstić information content (AvgIpc) is 3.50. The molecule has 2 heterocycles. The van der Waals surface area contributed by atoms with Crippen molar-refractivity contribution in [3.8, 4) is 11.6 Å². The van der Waals surface area contributed by atoms with E-state index in [9.17, 15) is 4.79 Å². The molecule has 0 bridgehead atoms. The van der Waals surface area contributed by atoms with E-state index in [1.54, 1.807) is 7.11 Å². The Labute approximate surface area is 170 Å². The summed E-state index contributed by atoms with van der Waals surface area (Å²) >= 11 is 0. The van der Waals surface area contributed by atoms with E-state index in [1.165, 1.54) is 12.8 Å². The van der Waals surface area contributed by atoms with Gasteiger partial charge < -0.3 is 9.47 Å². The van der Waals surface area contributed by atoms with Crippen LogP contribution in [0.3, 0.4) is 0 Å². The number of pyridine rings is 1. The van der Waals surface area contributed by atoms with Crippen molar-refractivity contribution in [2.45, 2.75) is 44.9 Å². The van der Waals surface area contributed by atoms with Gasteiger partial charge in [0, 0.05) is 30.8 Å². The van der Waals surface area contributed by atoms with Crippen LogP contribution in [-0.2, 0) is 11.8 Å². The maximum atomic E-state index is 12.5. The van der Waals surface area contributed by atoms with Crippen molar-refractivity contribution in [3.05, 3.63) is 47.2 Å². The summed E-state index contributed by atoms with van der Waals surface area (Å²) in [5, 5.41) is 5.78. The van der Waals surface area contributed by atoms with Crippen LogP contribution in [-0.4, -0.2) is 34.3 Å². The van der Waals surface area contributed by atoms with Crippen molar-refractivity contribution in [3.63, 3.8) is 0 Å². The molecule has 1 fully saturated rings. The van der Waals surface area contributed by atoms with E-state index in [1.807, 2.05) is 49.0 Å². The van der Waals surface area contributed by atoms with E-state index in [-0.39, 0.29) is 18.3 Å². The third kappa shape index (κ3) is 3.97. The highest BCUT2D eigenvalue weighted by Gasteiger charge is 2.30. The van der Waals surface area contributed by atoms with E-state index in [4.69, 9.17) is 9.47 Å². The molecule has 0 aliphatic heterocycles. The van der Waals surface area contributed by atoms with E-state index in [2.05, 4.69) is 17.0 Å². The molecule has 1 aliphatic carbocycles. The number of aromatic nitrogens is 3. The minimum Gasteiger partial charge on any atom is -0.496 e. The number of carbonyl (C=O) groups excluding carboxylic acids is 1. The topological polar surface area (TPSA) is 66.2 Å². The summed E-state index contributed by atoms with van der Waals surface area (Å²) in [4.78, 5) is 17.1. The fourth-order valence-corrected chi connectivity index (χ4v) is 3.89. The second kappa shape index (κ2) is 7.85. The number of hydrogen-bond donors (Lipinski definition) is 0. The monoisotopic (exact) mass is 393 g/mol. The summed E-state index contributed by atoms with van der Waals surface area (Å²) in [5.41, 5.74) is 4.08. The molecule has 0 N–H and O–H groups in total. The van der Waals surface area contributed by atoms with Crippen molar-refractivity contribution in [2.75, 3.05) is 13.7 Å². The summed E-state index contributed by atoms with van der Waals surface area (Å²) in [7, 11) is 3.55. The van der Waals surface area contributed by atoms with E-state index in [0.29, 0.717) is 18.2 Å². The van der Waals surface area contributed by atoms with Crippen LogP contribution in [0.5, 0.6) is 11.6 Å². The molecule has 1 saturated carbocycles. The second-order valence-corrected chi connectivity index (χ2v) is 7.93. The molecule has 6 heteroatoms. The lowest BCUT2D eigenvalue weighted by atomic mass is 9.95.